The fourth-order valence-electron chi connectivity index (χ4n) is 4.05. The Hall–Kier alpha value is -3.16. The second kappa shape index (κ2) is 7.93. The van der Waals surface area contributed by atoms with Crippen LogP contribution in [0.5, 0.6) is 11.5 Å². The van der Waals surface area contributed by atoms with Gasteiger partial charge in [0.25, 0.3) is 5.69 Å². The fraction of sp³-hybridized carbons (Fsp3) is 0.455. The molecule has 0 unspecified atom stereocenters. The van der Waals surface area contributed by atoms with Crippen LogP contribution in [-0.2, 0) is 24.7 Å². The van der Waals surface area contributed by atoms with Crippen molar-refractivity contribution >= 4 is 5.69 Å². The first-order valence-corrected chi connectivity index (χ1v) is 9.75. The summed E-state index contributed by atoms with van der Waals surface area (Å²) in [5, 5.41) is 23.6. The van der Waals surface area contributed by atoms with Crippen LogP contribution in [0, 0.1) is 20.2 Å². The number of fused-ring (bicyclic) bond motifs is 4. The summed E-state index contributed by atoms with van der Waals surface area (Å²) < 4.78 is 11.2. The van der Waals surface area contributed by atoms with E-state index in [-0.39, 0.29) is 22.4 Å². The number of nitro benzene ring substituents is 1. The maximum Gasteiger partial charge on any atom is 0.270 e. The number of hydrogen-bond donors (Lipinski definition) is 0. The lowest BCUT2D eigenvalue weighted by atomic mass is 9.81. The van der Waals surface area contributed by atoms with Crippen molar-refractivity contribution in [1.82, 2.24) is 0 Å². The summed E-state index contributed by atoms with van der Waals surface area (Å²) in [7, 11) is 3.01. The summed E-state index contributed by atoms with van der Waals surface area (Å²) in [6.45, 7) is 6.18. The van der Waals surface area contributed by atoms with Gasteiger partial charge in [-0.3, -0.25) is 20.2 Å². The van der Waals surface area contributed by atoms with Crippen LogP contribution in [0.1, 0.15) is 54.6 Å². The molecule has 8 heteroatoms. The molecule has 1 atom stereocenters. The molecule has 0 saturated carbocycles. The van der Waals surface area contributed by atoms with Gasteiger partial charge in [0.2, 0.25) is 6.04 Å². The van der Waals surface area contributed by atoms with E-state index in [1.807, 2.05) is 12.1 Å². The third-order valence-electron chi connectivity index (χ3n) is 5.60. The molecule has 4 bridgehead atoms. The van der Waals surface area contributed by atoms with Crippen molar-refractivity contribution in [1.29, 1.82) is 0 Å². The zero-order valence-corrected chi connectivity index (χ0v) is 17.9. The lowest BCUT2D eigenvalue weighted by molar-refractivity contribution is -0.528. The molecule has 2 aromatic carbocycles. The lowest BCUT2D eigenvalue weighted by Gasteiger charge is -2.26. The molecule has 2 aromatic rings. The molecule has 0 aromatic heterocycles. The zero-order chi connectivity index (χ0) is 22.2. The maximum atomic E-state index is 12.1. The van der Waals surface area contributed by atoms with E-state index < -0.39 is 11.0 Å². The molecule has 0 saturated heterocycles. The number of non-ortho nitro benzene ring substituents is 1. The normalized spacial score (nSPS) is 16.0. The molecule has 1 aliphatic rings. The van der Waals surface area contributed by atoms with Crippen LogP contribution in [-0.4, -0.2) is 24.1 Å². The second-order valence-corrected chi connectivity index (χ2v) is 8.57. The predicted molar refractivity (Wildman–Crippen MR) is 112 cm³/mol. The lowest BCUT2D eigenvalue weighted by Crippen LogP contribution is -2.20. The molecule has 30 heavy (non-hydrogen) atoms. The average molecular weight is 414 g/mol. The highest BCUT2D eigenvalue weighted by molar-refractivity contribution is 5.54. The molecular formula is C22H26N2O6. The summed E-state index contributed by atoms with van der Waals surface area (Å²) in [6.07, 6.45) is 0.972. The Labute approximate surface area is 175 Å². The first-order valence-electron chi connectivity index (χ1n) is 9.75. The smallest absolute Gasteiger partial charge is 0.270 e. The number of hydrogen-bond acceptors (Lipinski definition) is 6. The summed E-state index contributed by atoms with van der Waals surface area (Å²) in [6, 6.07) is 5.60. The van der Waals surface area contributed by atoms with E-state index in [2.05, 4.69) is 20.8 Å². The molecule has 8 nitrogen and oxygen atoms in total. The van der Waals surface area contributed by atoms with Crippen LogP contribution in [0.2, 0.25) is 0 Å². The van der Waals surface area contributed by atoms with Crippen LogP contribution in [0.25, 0.3) is 0 Å². The van der Waals surface area contributed by atoms with Crippen LogP contribution in [0.15, 0.2) is 24.3 Å². The summed E-state index contributed by atoms with van der Waals surface area (Å²) >= 11 is 0. The Balaban J connectivity index is 2.31. The van der Waals surface area contributed by atoms with E-state index in [1.54, 1.807) is 0 Å². The fourth-order valence-corrected chi connectivity index (χ4v) is 4.05. The topological polar surface area (TPSA) is 105 Å². The van der Waals surface area contributed by atoms with Gasteiger partial charge in [0, 0.05) is 34.6 Å². The zero-order valence-electron chi connectivity index (χ0n) is 17.9. The predicted octanol–water partition coefficient (Wildman–Crippen LogP) is 4.57. The maximum absolute atomic E-state index is 12.1. The van der Waals surface area contributed by atoms with Crippen molar-refractivity contribution in [2.75, 3.05) is 14.2 Å². The first kappa shape index (κ1) is 21.5. The third-order valence-corrected chi connectivity index (χ3v) is 5.60. The molecule has 160 valence electrons. The summed E-state index contributed by atoms with van der Waals surface area (Å²) in [5.74, 6) is 0.996. The van der Waals surface area contributed by atoms with Gasteiger partial charge < -0.3 is 9.47 Å². The highest BCUT2D eigenvalue weighted by Crippen LogP contribution is 2.42. The minimum atomic E-state index is -1.12. The molecule has 0 fully saturated rings. The monoisotopic (exact) mass is 414 g/mol. The van der Waals surface area contributed by atoms with Crippen LogP contribution < -0.4 is 9.47 Å². The number of benzene rings is 2. The second-order valence-electron chi connectivity index (χ2n) is 8.57. The van der Waals surface area contributed by atoms with E-state index in [1.165, 1.54) is 26.4 Å². The molecule has 3 rings (SSSR count). The highest BCUT2D eigenvalue weighted by atomic mass is 16.6. The number of nitro groups is 2. The van der Waals surface area contributed by atoms with Gasteiger partial charge in [0.15, 0.2) is 0 Å². The van der Waals surface area contributed by atoms with E-state index in [4.69, 9.17) is 9.47 Å². The molecular weight excluding hydrogens is 388 g/mol. The van der Waals surface area contributed by atoms with E-state index in [9.17, 15) is 20.2 Å². The Morgan fingerprint density at radius 3 is 1.97 bits per heavy atom. The average Bonchev–Trinajstić information content (AvgIpc) is 2.67. The Bertz CT molecular complexity index is 1010. The van der Waals surface area contributed by atoms with Gasteiger partial charge in [-0.05, 0) is 35.4 Å². The number of nitrogens with zero attached hydrogens (tertiary/aromatic N) is 2. The van der Waals surface area contributed by atoms with Crippen LogP contribution in [0.3, 0.4) is 0 Å². The quantitative estimate of drug-likeness (QED) is 0.536. The third kappa shape index (κ3) is 3.94. The molecule has 0 heterocycles. The number of ether oxygens (including phenoxy) is 2. The molecule has 0 spiro atoms. The molecule has 1 aliphatic carbocycles. The molecule has 0 aliphatic heterocycles. The van der Waals surface area contributed by atoms with Crippen LogP contribution >= 0.6 is 0 Å². The number of aryl methyl sites for hydroxylation is 2. The molecule has 0 radical (unpaired) electrons. The van der Waals surface area contributed by atoms with Crippen molar-refractivity contribution in [3.8, 4) is 11.5 Å². The highest BCUT2D eigenvalue weighted by Gasteiger charge is 2.34. The number of methoxy groups -OCH3 is 2. The standard InChI is InChI=1S/C22H26N2O6/c1-22(2,3)16-8-13-6-7-14-9-17(23(25)26)10-15(20(14)29-4)11-19(24(27)28)18(12-16)21(13)30-5/h8-10,12,19H,6-7,11H2,1-5H3/t19-/m1/s1. The molecule has 0 amide bonds. The van der Waals surface area contributed by atoms with Gasteiger partial charge in [-0.2, -0.15) is 0 Å². The van der Waals surface area contributed by atoms with Gasteiger partial charge in [0.1, 0.15) is 11.5 Å². The SMILES string of the molecule is COc1c2cc([N+](=O)[O-])cc1C[C@@H]([N+](=O)[O-])c1cc(C(C)(C)C)cc(c1OC)CC2. The van der Waals surface area contributed by atoms with Gasteiger partial charge in [-0.15, -0.1) is 0 Å². The van der Waals surface area contributed by atoms with Crippen molar-refractivity contribution in [3.63, 3.8) is 0 Å². The summed E-state index contributed by atoms with van der Waals surface area (Å²) in [4.78, 5) is 22.8. The van der Waals surface area contributed by atoms with Gasteiger partial charge >= 0.3 is 0 Å². The van der Waals surface area contributed by atoms with Gasteiger partial charge in [0.05, 0.1) is 24.7 Å². The van der Waals surface area contributed by atoms with Crippen molar-refractivity contribution < 1.29 is 19.3 Å². The van der Waals surface area contributed by atoms with Crippen molar-refractivity contribution in [2.45, 2.75) is 51.5 Å². The minimum Gasteiger partial charge on any atom is -0.496 e. The van der Waals surface area contributed by atoms with E-state index >= 15 is 0 Å². The Morgan fingerprint density at radius 1 is 0.900 bits per heavy atom. The first-order chi connectivity index (χ1) is 14.1. The summed E-state index contributed by atoms with van der Waals surface area (Å²) in [5.41, 5.74) is 3.15. The molecule has 0 N–H and O–H groups in total. The van der Waals surface area contributed by atoms with Crippen molar-refractivity contribution in [3.05, 3.63) is 72.3 Å². The van der Waals surface area contributed by atoms with Gasteiger partial charge in [-0.25, -0.2) is 0 Å². The van der Waals surface area contributed by atoms with Crippen LogP contribution in [0.4, 0.5) is 5.69 Å². The minimum absolute atomic E-state index is 0.0335. The number of rotatable bonds is 4. The van der Waals surface area contributed by atoms with Crippen molar-refractivity contribution in [2.24, 2.45) is 0 Å². The Kier molecular flexibility index (Phi) is 5.70. The largest absolute Gasteiger partial charge is 0.496 e. The van der Waals surface area contributed by atoms with Gasteiger partial charge in [-0.1, -0.05) is 26.8 Å². The van der Waals surface area contributed by atoms with E-state index in [0.717, 1.165) is 11.1 Å². The van der Waals surface area contributed by atoms with E-state index in [0.29, 0.717) is 41.0 Å². The Morgan fingerprint density at radius 2 is 1.47 bits per heavy atom.